The highest BCUT2D eigenvalue weighted by Gasteiger charge is 2.32. The van der Waals surface area contributed by atoms with Crippen LogP contribution in [0.5, 0.6) is 0 Å². The monoisotopic (exact) mass is 652 g/mol. The van der Waals surface area contributed by atoms with Crippen molar-refractivity contribution >= 4 is 52.4 Å². The number of carboxylic acids is 2. The number of carbonyl (C=O) groups is 6. The number of aryl methyl sites for hydroxylation is 1. The first kappa shape index (κ1) is 35.7. The zero-order chi connectivity index (χ0) is 34.7. The highest BCUT2D eigenvalue weighted by molar-refractivity contribution is 6.01. The van der Waals surface area contributed by atoms with Gasteiger partial charge < -0.3 is 40.6 Å². The van der Waals surface area contributed by atoms with E-state index in [0.717, 1.165) is 0 Å². The minimum Gasteiger partial charge on any atom is -0.481 e. The molecule has 47 heavy (non-hydrogen) atoms. The molecule has 15 nitrogen and oxygen atoms in total. The standard InChI is InChI=1S/C32H36N4O11/c1-17(2)28(36-29(42)22(11-12-25(37)38)35-32(45)46-16-19-7-5-4-6-8-19)31(44)34-23(15-26(39)40)30(43)33-20-9-10-21-18(3)13-27(41)47-24(21)14-20/h4-10,13-14,17,22-23,28H,11-12,15-16H2,1-3H3,(H,33,43)(H,34,44)(H,35,45)(H,36,42)(H,37,38)(H,39,40)/t22-,23-,28-/m0/s1. The van der Waals surface area contributed by atoms with E-state index in [1.807, 2.05) is 0 Å². The average molecular weight is 653 g/mol. The van der Waals surface area contributed by atoms with Crippen molar-refractivity contribution in [1.82, 2.24) is 16.0 Å². The molecule has 1 aromatic heterocycles. The summed E-state index contributed by atoms with van der Waals surface area (Å²) in [7, 11) is 0. The molecule has 3 aromatic rings. The second-order valence-electron chi connectivity index (χ2n) is 11.0. The molecule has 6 N–H and O–H groups in total. The SMILES string of the molecule is Cc1cc(=O)oc2cc(NC(=O)[C@H](CC(=O)O)NC(=O)[C@@H](NC(=O)[C@H](CCC(=O)O)NC(=O)OCc3ccccc3)C(C)C)ccc12. The highest BCUT2D eigenvalue weighted by atomic mass is 16.5. The molecule has 0 aliphatic carbocycles. The van der Waals surface area contributed by atoms with Gasteiger partial charge in [-0.1, -0.05) is 44.2 Å². The lowest BCUT2D eigenvalue weighted by atomic mass is 10.0. The molecule has 0 unspecified atom stereocenters. The quantitative estimate of drug-likeness (QED) is 0.130. The number of carboxylic acid groups (broad SMARTS) is 2. The molecule has 0 aliphatic rings. The number of carbonyl (C=O) groups excluding carboxylic acids is 4. The molecule has 0 spiro atoms. The van der Waals surface area contributed by atoms with Crippen LogP contribution in [0.1, 0.15) is 44.2 Å². The fourth-order valence-corrected chi connectivity index (χ4v) is 4.51. The summed E-state index contributed by atoms with van der Waals surface area (Å²) in [6, 6.07) is 10.2. The molecule has 0 fully saturated rings. The Labute approximate surface area is 268 Å². The van der Waals surface area contributed by atoms with E-state index in [1.165, 1.54) is 18.2 Å². The molecule has 15 heteroatoms. The smallest absolute Gasteiger partial charge is 0.408 e. The topological polar surface area (TPSA) is 230 Å². The number of ether oxygens (including phenoxy) is 1. The molecular formula is C32H36N4O11. The molecule has 0 radical (unpaired) electrons. The summed E-state index contributed by atoms with van der Waals surface area (Å²) in [5, 5.41) is 28.8. The number of alkyl carbamates (subject to hydrolysis) is 1. The minimum absolute atomic E-state index is 0.114. The van der Waals surface area contributed by atoms with Gasteiger partial charge in [0, 0.05) is 29.6 Å². The first-order valence-electron chi connectivity index (χ1n) is 14.6. The van der Waals surface area contributed by atoms with Crippen LogP contribution >= 0.6 is 0 Å². The Morgan fingerprint density at radius 2 is 1.53 bits per heavy atom. The Morgan fingerprint density at radius 3 is 2.17 bits per heavy atom. The van der Waals surface area contributed by atoms with Crippen LogP contribution in [0, 0.1) is 12.8 Å². The predicted molar refractivity (Wildman–Crippen MR) is 167 cm³/mol. The van der Waals surface area contributed by atoms with Crippen molar-refractivity contribution in [3.63, 3.8) is 0 Å². The fraction of sp³-hybridized carbons (Fsp3) is 0.344. The van der Waals surface area contributed by atoms with Crippen LogP contribution in [-0.4, -0.2) is 64.1 Å². The maximum absolute atomic E-state index is 13.3. The maximum Gasteiger partial charge on any atom is 0.408 e. The van der Waals surface area contributed by atoms with Crippen molar-refractivity contribution in [2.24, 2.45) is 5.92 Å². The second kappa shape index (κ2) is 16.5. The summed E-state index contributed by atoms with van der Waals surface area (Å²) in [6.07, 6.45) is -2.63. The molecule has 4 amide bonds. The van der Waals surface area contributed by atoms with Crippen LogP contribution in [0.15, 0.2) is 63.8 Å². The normalized spacial score (nSPS) is 12.8. The molecule has 1 heterocycles. The minimum atomic E-state index is -1.59. The highest BCUT2D eigenvalue weighted by Crippen LogP contribution is 2.21. The molecule has 3 atom stereocenters. The summed E-state index contributed by atoms with van der Waals surface area (Å²) < 4.78 is 10.3. The van der Waals surface area contributed by atoms with E-state index in [4.69, 9.17) is 14.3 Å². The van der Waals surface area contributed by atoms with Crippen molar-refractivity contribution in [3.8, 4) is 0 Å². The molecular weight excluding hydrogens is 616 g/mol. The average Bonchev–Trinajstić information content (AvgIpc) is 3.00. The molecule has 0 bridgehead atoms. The first-order chi connectivity index (χ1) is 22.2. The van der Waals surface area contributed by atoms with Crippen LogP contribution in [0.4, 0.5) is 10.5 Å². The number of nitrogens with one attached hydrogen (secondary N) is 4. The van der Waals surface area contributed by atoms with Crippen LogP contribution < -0.4 is 26.9 Å². The largest absolute Gasteiger partial charge is 0.481 e. The lowest BCUT2D eigenvalue weighted by molar-refractivity contribution is -0.140. The first-order valence-corrected chi connectivity index (χ1v) is 14.6. The van der Waals surface area contributed by atoms with Gasteiger partial charge in [0.05, 0.1) is 6.42 Å². The van der Waals surface area contributed by atoms with Gasteiger partial charge in [0.2, 0.25) is 17.7 Å². The zero-order valence-corrected chi connectivity index (χ0v) is 25.9. The number of amides is 4. The van der Waals surface area contributed by atoms with Crippen LogP contribution in [0.2, 0.25) is 0 Å². The van der Waals surface area contributed by atoms with Gasteiger partial charge in [0.15, 0.2) is 0 Å². The van der Waals surface area contributed by atoms with E-state index in [-0.39, 0.29) is 24.3 Å². The van der Waals surface area contributed by atoms with Crippen molar-refractivity contribution in [2.75, 3.05) is 5.32 Å². The summed E-state index contributed by atoms with van der Waals surface area (Å²) in [5.41, 5.74) is 1.08. The summed E-state index contributed by atoms with van der Waals surface area (Å²) in [4.78, 5) is 86.7. The van der Waals surface area contributed by atoms with Gasteiger partial charge >= 0.3 is 23.7 Å². The van der Waals surface area contributed by atoms with E-state index < -0.39 is 78.3 Å². The third kappa shape index (κ3) is 11.0. The molecule has 250 valence electrons. The molecule has 0 saturated carbocycles. The Kier molecular flexibility index (Phi) is 12.6. The zero-order valence-electron chi connectivity index (χ0n) is 25.9. The van der Waals surface area contributed by atoms with Gasteiger partial charge in [-0.3, -0.25) is 24.0 Å². The Hall–Kier alpha value is -5.73. The van der Waals surface area contributed by atoms with Crippen LogP contribution in [0.3, 0.4) is 0 Å². The molecule has 0 aliphatic heterocycles. The second-order valence-corrected chi connectivity index (χ2v) is 11.0. The van der Waals surface area contributed by atoms with Crippen molar-refractivity contribution in [1.29, 1.82) is 0 Å². The summed E-state index contributed by atoms with van der Waals surface area (Å²) >= 11 is 0. The van der Waals surface area contributed by atoms with Crippen molar-refractivity contribution in [2.45, 2.75) is 64.8 Å². The molecule has 0 saturated heterocycles. The van der Waals surface area contributed by atoms with Crippen LogP contribution in [0.25, 0.3) is 11.0 Å². The number of fused-ring (bicyclic) bond motifs is 1. The number of benzene rings is 2. The lowest BCUT2D eigenvalue weighted by Gasteiger charge is -2.27. The van der Waals surface area contributed by atoms with E-state index in [2.05, 4.69) is 21.3 Å². The Balaban J connectivity index is 1.72. The van der Waals surface area contributed by atoms with Gasteiger partial charge in [-0.25, -0.2) is 9.59 Å². The number of anilines is 1. The van der Waals surface area contributed by atoms with Gasteiger partial charge in [-0.05, 0) is 42.5 Å². The number of hydrogen-bond acceptors (Lipinski definition) is 9. The summed E-state index contributed by atoms with van der Waals surface area (Å²) in [5.74, 6) is -5.92. The van der Waals surface area contributed by atoms with E-state index in [0.29, 0.717) is 16.5 Å². The third-order valence-electron chi connectivity index (χ3n) is 6.95. The number of hydrogen-bond donors (Lipinski definition) is 6. The molecule has 3 rings (SSSR count). The molecule has 2 aromatic carbocycles. The predicted octanol–water partition coefficient (Wildman–Crippen LogP) is 2.30. The Morgan fingerprint density at radius 1 is 0.830 bits per heavy atom. The Bertz CT molecular complexity index is 1690. The lowest BCUT2D eigenvalue weighted by Crippen LogP contribution is -2.58. The van der Waals surface area contributed by atoms with Gasteiger partial charge in [0.1, 0.15) is 30.3 Å². The van der Waals surface area contributed by atoms with Crippen molar-refractivity contribution in [3.05, 3.63) is 76.1 Å². The van der Waals surface area contributed by atoms with E-state index in [9.17, 15) is 38.7 Å². The number of rotatable bonds is 15. The van der Waals surface area contributed by atoms with Crippen LogP contribution in [-0.2, 0) is 35.3 Å². The van der Waals surface area contributed by atoms with Gasteiger partial charge in [-0.2, -0.15) is 0 Å². The van der Waals surface area contributed by atoms with E-state index >= 15 is 0 Å². The van der Waals surface area contributed by atoms with Crippen molar-refractivity contribution < 1.29 is 48.1 Å². The van der Waals surface area contributed by atoms with E-state index in [1.54, 1.807) is 57.2 Å². The van der Waals surface area contributed by atoms with Gasteiger partial charge in [0.25, 0.3) is 0 Å². The van der Waals surface area contributed by atoms with Gasteiger partial charge in [-0.15, -0.1) is 0 Å². The maximum atomic E-state index is 13.3. The number of aliphatic carboxylic acids is 2. The fourth-order valence-electron chi connectivity index (χ4n) is 4.51. The summed E-state index contributed by atoms with van der Waals surface area (Å²) in [6.45, 7) is 4.75. The third-order valence-corrected chi connectivity index (χ3v) is 6.95.